The van der Waals surface area contributed by atoms with Gasteiger partial charge in [0.05, 0.1) is 10.9 Å². The van der Waals surface area contributed by atoms with E-state index in [-0.39, 0.29) is 103 Å². The third-order valence-corrected chi connectivity index (χ3v) is 12.0. The normalized spacial score (nSPS) is 27.8. The van der Waals surface area contributed by atoms with Crippen molar-refractivity contribution >= 4 is 44.9 Å². The maximum atomic E-state index is 15.9. The first-order chi connectivity index (χ1) is 22.3. The number of nitrogens with two attached hydrogens (primary N) is 2. The van der Waals surface area contributed by atoms with Crippen molar-refractivity contribution in [3.05, 3.63) is 47.1 Å². The number of nitrogens with zero attached hydrogens (tertiary/aromatic N) is 4. The van der Waals surface area contributed by atoms with Gasteiger partial charge in [0, 0.05) is 87.4 Å². The predicted molar refractivity (Wildman–Crippen MR) is 174 cm³/mol. The summed E-state index contributed by atoms with van der Waals surface area (Å²) in [4.78, 5) is 32.6. The monoisotopic (exact) mass is 694 g/mol. The molecule has 3 aliphatic heterocycles. The molecule has 0 radical (unpaired) electrons. The summed E-state index contributed by atoms with van der Waals surface area (Å²) in [6, 6.07) is 8.11. The summed E-state index contributed by atoms with van der Waals surface area (Å²) in [5.74, 6) is -4.45. The topological polar surface area (TPSA) is 167 Å². The van der Waals surface area contributed by atoms with Crippen LogP contribution in [0.4, 0.5) is 20.3 Å². The molecular formula is C31H41ClF2N8O4S. The molecule has 1 saturated carbocycles. The first-order valence-electron chi connectivity index (χ1n) is 16.1. The van der Waals surface area contributed by atoms with Gasteiger partial charge in [0.1, 0.15) is 11.0 Å². The number of halogens is 3. The molecule has 3 atom stereocenters. The van der Waals surface area contributed by atoms with Crippen molar-refractivity contribution in [2.45, 2.75) is 61.0 Å². The van der Waals surface area contributed by atoms with Gasteiger partial charge in [-0.1, -0.05) is 11.6 Å². The van der Waals surface area contributed by atoms with Crippen LogP contribution in [0.1, 0.15) is 37.7 Å². The fourth-order valence-corrected chi connectivity index (χ4v) is 8.66. The Hall–Kier alpha value is -2.95. The third-order valence-electron chi connectivity index (χ3n) is 9.87. The maximum absolute atomic E-state index is 15.9. The highest BCUT2D eigenvalue weighted by atomic mass is 35.5. The molecule has 2 aromatic rings. The summed E-state index contributed by atoms with van der Waals surface area (Å²) in [6.45, 7) is 2.32. The van der Waals surface area contributed by atoms with Crippen LogP contribution in [0.25, 0.3) is 0 Å². The molecule has 6 N–H and O–H groups in total. The van der Waals surface area contributed by atoms with Crippen molar-refractivity contribution in [2.75, 3.05) is 55.6 Å². The zero-order chi connectivity index (χ0) is 33.5. The van der Waals surface area contributed by atoms with E-state index in [2.05, 4.69) is 15.6 Å². The van der Waals surface area contributed by atoms with Crippen LogP contribution in [0.2, 0.25) is 5.15 Å². The molecule has 2 amide bonds. The van der Waals surface area contributed by atoms with Crippen molar-refractivity contribution in [1.82, 2.24) is 19.9 Å². The summed E-state index contributed by atoms with van der Waals surface area (Å²) in [5, 5.41) is 6.03. The van der Waals surface area contributed by atoms with E-state index in [1.54, 1.807) is 21.9 Å². The quantitative estimate of drug-likeness (QED) is 0.301. The minimum atomic E-state index is -3.83. The van der Waals surface area contributed by atoms with Gasteiger partial charge in [-0.2, -0.15) is 4.31 Å². The Morgan fingerprint density at radius 3 is 2.30 bits per heavy atom. The number of carbonyl (C=O) groups excluding carboxylic acids is 2. The van der Waals surface area contributed by atoms with Crippen LogP contribution in [0.3, 0.4) is 0 Å². The van der Waals surface area contributed by atoms with Gasteiger partial charge in [-0.3, -0.25) is 9.59 Å². The average molecular weight is 695 g/mol. The van der Waals surface area contributed by atoms with Crippen molar-refractivity contribution in [3.8, 4) is 0 Å². The number of rotatable bonds is 8. The van der Waals surface area contributed by atoms with E-state index < -0.39 is 21.9 Å². The maximum Gasteiger partial charge on any atom is 0.276 e. The Morgan fingerprint density at radius 2 is 1.70 bits per heavy atom. The summed E-state index contributed by atoms with van der Waals surface area (Å²) >= 11 is 6.25. The number of hydrogen-bond acceptors (Lipinski definition) is 9. The molecule has 16 heteroatoms. The number of sulfonamides is 1. The Labute approximate surface area is 278 Å². The second-order valence-corrected chi connectivity index (χ2v) is 15.3. The first-order valence-corrected chi connectivity index (χ1v) is 17.9. The van der Waals surface area contributed by atoms with Crippen molar-refractivity contribution in [1.29, 1.82) is 0 Å². The highest BCUT2D eigenvalue weighted by molar-refractivity contribution is 7.89. The molecule has 0 spiro atoms. The zero-order valence-electron chi connectivity index (χ0n) is 26.0. The molecule has 4 aliphatic rings. The molecule has 12 nitrogen and oxygen atoms in total. The highest BCUT2D eigenvalue weighted by Crippen LogP contribution is 2.46. The smallest absolute Gasteiger partial charge is 0.276 e. The second-order valence-electron chi connectivity index (χ2n) is 13.0. The Bertz CT molecular complexity index is 1580. The molecule has 4 heterocycles. The van der Waals surface area contributed by atoms with E-state index in [0.717, 1.165) is 0 Å². The van der Waals surface area contributed by atoms with E-state index in [1.165, 1.54) is 28.6 Å². The minimum absolute atomic E-state index is 0.0701. The third kappa shape index (κ3) is 7.10. The van der Waals surface area contributed by atoms with Gasteiger partial charge in [-0.15, -0.1) is 0 Å². The lowest BCUT2D eigenvalue weighted by Crippen LogP contribution is -2.49. The van der Waals surface area contributed by atoms with Gasteiger partial charge < -0.3 is 31.9 Å². The average Bonchev–Trinajstić information content (AvgIpc) is 3.63. The number of aromatic nitrogens is 1. The van der Waals surface area contributed by atoms with Gasteiger partial charge in [0.25, 0.3) is 5.92 Å². The van der Waals surface area contributed by atoms with Gasteiger partial charge in [0.2, 0.25) is 21.8 Å². The predicted octanol–water partition coefficient (Wildman–Crippen LogP) is 1.62. The number of anilines is 2. The van der Waals surface area contributed by atoms with Crippen LogP contribution in [0.15, 0.2) is 41.3 Å². The summed E-state index contributed by atoms with van der Waals surface area (Å²) in [6.07, 6.45) is 1.35. The first kappa shape index (κ1) is 33.9. The molecule has 1 aromatic heterocycles. The lowest BCUT2D eigenvalue weighted by atomic mass is 9.77. The van der Waals surface area contributed by atoms with E-state index in [1.807, 2.05) is 0 Å². The Balaban J connectivity index is 1.06. The van der Waals surface area contributed by atoms with Crippen LogP contribution in [0, 0.1) is 11.8 Å². The van der Waals surface area contributed by atoms with E-state index >= 15 is 8.78 Å². The van der Waals surface area contributed by atoms with E-state index in [9.17, 15) is 18.0 Å². The number of piperazine rings is 1. The van der Waals surface area contributed by atoms with Crippen molar-refractivity contribution < 1.29 is 26.8 Å². The molecule has 1 aliphatic carbocycles. The van der Waals surface area contributed by atoms with Crippen LogP contribution in [-0.4, -0.2) is 93.5 Å². The molecule has 47 heavy (non-hydrogen) atoms. The number of amides is 2. The number of alkyl halides is 2. The molecular weight excluding hydrogens is 654 g/mol. The van der Waals surface area contributed by atoms with Crippen LogP contribution in [-0.2, 0) is 25.5 Å². The molecule has 4 fully saturated rings. The minimum Gasteiger partial charge on any atom is -0.354 e. The largest absolute Gasteiger partial charge is 0.354 e. The molecule has 1 aromatic carbocycles. The van der Waals surface area contributed by atoms with E-state index in [0.29, 0.717) is 38.2 Å². The van der Waals surface area contributed by atoms with Gasteiger partial charge >= 0.3 is 0 Å². The molecule has 0 bridgehead atoms. The zero-order valence-corrected chi connectivity index (χ0v) is 27.5. The lowest BCUT2D eigenvalue weighted by molar-refractivity contribution is -0.129. The standard InChI is InChI=1S/C31H41ClF2N8O4S/c32-27-13-21(31(33,34)20-3-1-19(2-4-20)30(44)38-26-17-37-16-25(26)36)14-28(39-27)40-9-11-41(12-10-40)47(45,46)24-7-5-23(6-8-24)42-18-22(35)15-29(42)43/h5-8,13-14,19-20,22,25-26,37H,1-4,9-12,15-18,35-36H2,(H,38,44)/t19-,20-,22-,25+,26-/m1/s1. The number of nitrogens with one attached hydrogen (secondary N) is 2. The molecule has 6 rings (SSSR count). The van der Waals surface area contributed by atoms with Crippen molar-refractivity contribution in [3.63, 3.8) is 0 Å². The summed E-state index contributed by atoms with van der Waals surface area (Å²) < 4.78 is 60.0. The van der Waals surface area contributed by atoms with Gasteiger partial charge in [0.15, 0.2) is 0 Å². The second kappa shape index (κ2) is 13.5. The summed E-state index contributed by atoms with van der Waals surface area (Å²) in [5.41, 5.74) is 12.2. The van der Waals surface area contributed by atoms with Crippen LogP contribution >= 0.6 is 11.6 Å². The van der Waals surface area contributed by atoms with Crippen LogP contribution < -0.4 is 31.9 Å². The molecule has 0 unspecified atom stereocenters. The van der Waals surface area contributed by atoms with Gasteiger partial charge in [-0.25, -0.2) is 22.2 Å². The number of hydrogen-bond donors (Lipinski definition) is 4. The molecule has 3 saturated heterocycles. The fourth-order valence-electron chi connectivity index (χ4n) is 7.04. The number of carbonyl (C=O) groups is 2. The SMILES string of the molecule is N[C@@H]1CC(=O)N(c2ccc(S(=O)(=O)N3CCN(c4cc(C(F)(F)[C@H]5CC[C@H](C(=O)N[C@@H]6CNC[C@@H]6N)CC5)cc(Cl)n4)CC3)cc2)C1. The van der Waals surface area contributed by atoms with E-state index in [4.69, 9.17) is 23.1 Å². The Morgan fingerprint density at radius 1 is 1.02 bits per heavy atom. The highest BCUT2D eigenvalue weighted by Gasteiger charge is 2.45. The number of pyridine rings is 1. The fraction of sp³-hybridized carbons (Fsp3) is 0.581. The lowest BCUT2D eigenvalue weighted by Gasteiger charge is -2.36. The van der Waals surface area contributed by atoms with Gasteiger partial charge in [-0.05, 0) is 62.1 Å². The summed E-state index contributed by atoms with van der Waals surface area (Å²) in [7, 11) is -3.83. The van der Waals surface area contributed by atoms with Crippen molar-refractivity contribution in [2.24, 2.45) is 23.3 Å². The number of benzene rings is 1. The Kier molecular flexibility index (Phi) is 9.76. The molecule has 256 valence electrons. The van der Waals surface area contributed by atoms with Crippen LogP contribution in [0.5, 0.6) is 0 Å².